The molecule has 4 N–H and O–H groups in total. The van der Waals surface area contributed by atoms with Gasteiger partial charge in [0, 0.05) is 36.3 Å². The second kappa shape index (κ2) is 10.3. The molecular weight excluding hydrogens is 435 g/mol. The molecule has 1 unspecified atom stereocenters. The van der Waals surface area contributed by atoms with Crippen LogP contribution in [0.2, 0.25) is 0 Å². The van der Waals surface area contributed by atoms with E-state index in [0.29, 0.717) is 39.7 Å². The zero-order valence-corrected chi connectivity index (χ0v) is 18.1. The first-order valence-electron chi connectivity index (χ1n) is 10.2. The number of halogens is 3. The van der Waals surface area contributed by atoms with Crippen molar-refractivity contribution in [3.05, 3.63) is 54.0 Å². The smallest absolute Gasteiger partial charge is 0.390 e. The maximum absolute atomic E-state index is 12.4. The van der Waals surface area contributed by atoms with Crippen molar-refractivity contribution >= 4 is 34.5 Å². The van der Waals surface area contributed by atoms with Crippen LogP contribution in [0.3, 0.4) is 0 Å². The molecule has 0 spiro atoms. The third kappa shape index (κ3) is 6.45. The first-order valence-corrected chi connectivity index (χ1v) is 10.2. The van der Waals surface area contributed by atoms with E-state index in [1.165, 1.54) is 6.20 Å². The Bertz CT molecular complexity index is 1150. The lowest BCUT2D eigenvalue weighted by molar-refractivity contribution is -0.204. The van der Waals surface area contributed by atoms with Crippen LogP contribution in [0.25, 0.3) is 16.6 Å². The van der Waals surface area contributed by atoms with E-state index in [-0.39, 0.29) is 6.54 Å². The van der Waals surface area contributed by atoms with E-state index in [9.17, 15) is 13.2 Å². The summed E-state index contributed by atoms with van der Waals surface area (Å²) >= 11 is 0. The zero-order valence-electron chi connectivity index (χ0n) is 18.1. The van der Waals surface area contributed by atoms with Gasteiger partial charge in [-0.25, -0.2) is 4.98 Å². The SMILES string of the molecule is CC(C)c1cnnc(Nc2ccc3ncc(/C(C=N)=C/NCCC(O)C(F)(F)F)cc3n2)c1. The van der Waals surface area contributed by atoms with E-state index in [4.69, 9.17) is 10.5 Å². The number of fused-ring (bicyclic) bond motifs is 1. The van der Waals surface area contributed by atoms with Gasteiger partial charge in [0.2, 0.25) is 0 Å². The van der Waals surface area contributed by atoms with E-state index >= 15 is 0 Å². The number of rotatable bonds is 9. The summed E-state index contributed by atoms with van der Waals surface area (Å²) in [6.45, 7) is 4.01. The van der Waals surface area contributed by atoms with Crippen molar-refractivity contribution in [1.29, 1.82) is 5.41 Å². The molecule has 0 saturated heterocycles. The van der Waals surface area contributed by atoms with Gasteiger partial charge in [0.1, 0.15) is 5.82 Å². The number of allylic oxidation sites excluding steroid dienone is 1. The van der Waals surface area contributed by atoms with Crippen LogP contribution in [0.1, 0.15) is 37.3 Å². The van der Waals surface area contributed by atoms with Gasteiger partial charge in [0.15, 0.2) is 11.9 Å². The highest BCUT2D eigenvalue weighted by Crippen LogP contribution is 2.23. The molecule has 0 aliphatic rings. The van der Waals surface area contributed by atoms with Crippen molar-refractivity contribution in [2.45, 2.75) is 38.5 Å². The molecule has 0 radical (unpaired) electrons. The van der Waals surface area contributed by atoms with Crippen molar-refractivity contribution in [1.82, 2.24) is 25.5 Å². The molecule has 0 amide bonds. The van der Waals surface area contributed by atoms with Gasteiger partial charge >= 0.3 is 6.18 Å². The fourth-order valence-corrected chi connectivity index (χ4v) is 2.90. The van der Waals surface area contributed by atoms with Gasteiger partial charge in [0.25, 0.3) is 0 Å². The number of hydrogen-bond acceptors (Lipinski definition) is 8. The minimum atomic E-state index is -4.66. The van der Waals surface area contributed by atoms with Crippen LogP contribution in [0.4, 0.5) is 24.8 Å². The molecule has 0 aliphatic carbocycles. The number of aliphatic hydroxyl groups excluding tert-OH is 1. The van der Waals surface area contributed by atoms with E-state index in [0.717, 1.165) is 11.8 Å². The quantitative estimate of drug-likeness (QED) is 0.280. The average Bonchev–Trinajstić information content (AvgIpc) is 2.78. The number of hydrogen-bond donors (Lipinski definition) is 4. The Kier molecular flexibility index (Phi) is 7.54. The lowest BCUT2D eigenvalue weighted by Gasteiger charge is -2.14. The van der Waals surface area contributed by atoms with Gasteiger partial charge in [-0.2, -0.15) is 18.3 Å². The third-order valence-electron chi connectivity index (χ3n) is 4.82. The number of aliphatic hydroxyl groups is 1. The van der Waals surface area contributed by atoms with E-state index in [1.54, 1.807) is 30.6 Å². The van der Waals surface area contributed by atoms with Crippen molar-refractivity contribution in [3.63, 3.8) is 0 Å². The Morgan fingerprint density at radius 1 is 1.15 bits per heavy atom. The fraction of sp³-hybridized carbons (Fsp3) is 0.318. The molecule has 0 aromatic carbocycles. The van der Waals surface area contributed by atoms with Gasteiger partial charge < -0.3 is 21.1 Å². The van der Waals surface area contributed by atoms with Gasteiger partial charge in [0.05, 0.1) is 17.2 Å². The van der Waals surface area contributed by atoms with Crippen molar-refractivity contribution < 1.29 is 18.3 Å². The van der Waals surface area contributed by atoms with Crippen LogP contribution in [0.15, 0.2) is 42.9 Å². The summed E-state index contributed by atoms with van der Waals surface area (Å²) in [4.78, 5) is 8.89. The predicted octanol–water partition coefficient (Wildman–Crippen LogP) is 4.18. The number of aromatic nitrogens is 4. The Morgan fingerprint density at radius 3 is 2.64 bits per heavy atom. The fourth-order valence-electron chi connectivity index (χ4n) is 2.90. The summed E-state index contributed by atoms with van der Waals surface area (Å²) in [6, 6.07) is 7.18. The Balaban J connectivity index is 1.76. The number of anilines is 2. The summed E-state index contributed by atoms with van der Waals surface area (Å²) in [5.41, 5.74) is 3.20. The van der Waals surface area contributed by atoms with Gasteiger partial charge in [-0.15, -0.1) is 5.10 Å². The van der Waals surface area contributed by atoms with Crippen LogP contribution in [-0.2, 0) is 0 Å². The minimum absolute atomic E-state index is 0.109. The molecule has 0 aliphatic heterocycles. The molecule has 11 heteroatoms. The van der Waals surface area contributed by atoms with Gasteiger partial charge in [-0.3, -0.25) is 4.98 Å². The summed E-state index contributed by atoms with van der Waals surface area (Å²) in [7, 11) is 0. The predicted molar refractivity (Wildman–Crippen MR) is 120 cm³/mol. The lowest BCUT2D eigenvalue weighted by atomic mass is 10.1. The first-order chi connectivity index (χ1) is 15.7. The molecule has 3 rings (SSSR count). The summed E-state index contributed by atoms with van der Waals surface area (Å²) in [5.74, 6) is 1.40. The van der Waals surface area contributed by atoms with Crippen molar-refractivity contribution in [2.75, 3.05) is 11.9 Å². The highest BCUT2D eigenvalue weighted by Gasteiger charge is 2.37. The molecule has 3 aromatic heterocycles. The topological polar surface area (TPSA) is 120 Å². The van der Waals surface area contributed by atoms with Crippen molar-refractivity contribution in [2.24, 2.45) is 0 Å². The molecule has 33 heavy (non-hydrogen) atoms. The highest BCUT2D eigenvalue weighted by molar-refractivity contribution is 6.08. The molecular formula is C22H24F3N7O. The number of alkyl halides is 3. The monoisotopic (exact) mass is 459 g/mol. The Labute approximate surface area is 188 Å². The summed E-state index contributed by atoms with van der Waals surface area (Å²) < 4.78 is 37.1. The van der Waals surface area contributed by atoms with Gasteiger partial charge in [-0.05, 0) is 42.2 Å². The normalized spacial score (nSPS) is 13.2. The standard InChI is InChI=1S/C22H24F3N7O/c1-13(2)14-8-21(32-29-12-14)31-20-4-3-17-18(30-20)7-15(11-28-17)16(9-26)10-27-6-5-19(33)22(23,24)25/h3-4,7-13,19,26-27,33H,5-6H2,1-2H3,(H,30,31,32)/b16-10+,26-9?. The van der Waals surface area contributed by atoms with Gasteiger partial charge in [-0.1, -0.05) is 13.8 Å². The maximum atomic E-state index is 12.4. The van der Waals surface area contributed by atoms with Crippen LogP contribution in [-0.4, -0.2) is 50.3 Å². The van der Waals surface area contributed by atoms with E-state index < -0.39 is 18.7 Å². The number of pyridine rings is 2. The molecule has 8 nitrogen and oxygen atoms in total. The zero-order chi connectivity index (χ0) is 24.0. The maximum Gasteiger partial charge on any atom is 0.414 e. The van der Waals surface area contributed by atoms with Crippen LogP contribution >= 0.6 is 0 Å². The molecule has 0 saturated carbocycles. The van der Waals surface area contributed by atoms with Crippen LogP contribution < -0.4 is 10.6 Å². The third-order valence-corrected chi connectivity index (χ3v) is 4.82. The number of nitrogens with one attached hydrogen (secondary N) is 3. The Morgan fingerprint density at radius 2 is 1.94 bits per heavy atom. The molecule has 1 atom stereocenters. The first kappa shape index (κ1) is 24.1. The highest BCUT2D eigenvalue weighted by atomic mass is 19.4. The van der Waals surface area contributed by atoms with E-state index in [1.807, 2.05) is 6.07 Å². The summed E-state index contributed by atoms with van der Waals surface area (Å²) in [6.07, 6.45) is -1.82. The second-order valence-corrected chi connectivity index (χ2v) is 7.66. The lowest BCUT2D eigenvalue weighted by Crippen LogP contribution is -2.31. The molecule has 3 heterocycles. The van der Waals surface area contributed by atoms with Crippen LogP contribution in [0.5, 0.6) is 0 Å². The molecule has 174 valence electrons. The molecule has 0 bridgehead atoms. The number of nitrogens with zero attached hydrogens (tertiary/aromatic N) is 4. The largest absolute Gasteiger partial charge is 0.414 e. The summed E-state index contributed by atoms with van der Waals surface area (Å²) in [5, 5.41) is 30.6. The molecule has 0 fully saturated rings. The minimum Gasteiger partial charge on any atom is -0.390 e. The Hall–Kier alpha value is -3.60. The average molecular weight is 459 g/mol. The molecule has 3 aromatic rings. The second-order valence-electron chi connectivity index (χ2n) is 7.66. The van der Waals surface area contributed by atoms with Crippen LogP contribution in [0, 0.1) is 5.41 Å². The van der Waals surface area contributed by atoms with E-state index in [2.05, 4.69) is 44.6 Å². The van der Waals surface area contributed by atoms with Crippen molar-refractivity contribution in [3.8, 4) is 0 Å².